The van der Waals surface area contributed by atoms with E-state index in [4.69, 9.17) is 16.3 Å². The van der Waals surface area contributed by atoms with Crippen molar-refractivity contribution in [2.45, 2.75) is 13.0 Å². The standard InChI is InChI=1S/C23H25ClN2O4/c1-14-5-7-15(8-6-14)20-19(22(28)23(29)26(20)12-11-25(2)3)21(27)16-9-10-18(30-4)17(24)13-16/h5-10,13,20,27H,11-12H2,1-4H3. The van der Waals surface area contributed by atoms with E-state index in [1.165, 1.54) is 18.1 Å². The molecule has 0 saturated carbocycles. The van der Waals surface area contributed by atoms with Crippen LogP contribution in [0.3, 0.4) is 0 Å². The molecule has 6 nitrogen and oxygen atoms in total. The molecule has 1 aliphatic rings. The van der Waals surface area contributed by atoms with E-state index in [-0.39, 0.29) is 16.2 Å². The van der Waals surface area contributed by atoms with Gasteiger partial charge in [0.25, 0.3) is 5.91 Å². The van der Waals surface area contributed by atoms with Gasteiger partial charge in [-0.2, -0.15) is 0 Å². The zero-order valence-corrected chi connectivity index (χ0v) is 18.2. The predicted octanol–water partition coefficient (Wildman–Crippen LogP) is 1.03. The van der Waals surface area contributed by atoms with Gasteiger partial charge in [0.15, 0.2) is 0 Å². The first-order valence-corrected chi connectivity index (χ1v) is 10.1. The number of halogens is 1. The van der Waals surface area contributed by atoms with Gasteiger partial charge in [0.05, 0.1) is 45.4 Å². The molecule has 1 atom stereocenters. The smallest absolute Gasteiger partial charge is 0.295 e. The molecule has 0 aromatic heterocycles. The number of rotatable bonds is 6. The molecule has 1 unspecified atom stereocenters. The summed E-state index contributed by atoms with van der Waals surface area (Å²) in [5.41, 5.74) is 1.98. The fourth-order valence-corrected chi connectivity index (χ4v) is 3.76. The highest BCUT2D eigenvalue weighted by atomic mass is 35.5. The van der Waals surface area contributed by atoms with Crippen molar-refractivity contribution >= 4 is 29.1 Å². The van der Waals surface area contributed by atoms with Crippen LogP contribution in [0.25, 0.3) is 5.76 Å². The largest absolute Gasteiger partial charge is 0.872 e. The highest BCUT2D eigenvalue weighted by Crippen LogP contribution is 2.39. The lowest BCUT2D eigenvalue weighted by molar-refractivity contribution is -0.857. The number of methoxy groups -OCH3 is 1. The van der Waals surface area contributed by atoms with Gasteiger partial charge in [-0.3, -0.25) is 9.59 Å². The zero-order chi connectivity index (χ0) is 22.0. The van der Waals surface area contributed by atoms with E-state index in [0.717, 1.165) is 16.0 Å². The van der Waals surface area contributed by atoms with Crippen molar-refractivity contribution in [2.75, 3.05) is 34.3 Å². The van der Waals surface area contributed by atoms with Gasteiger partial charge in [-0.05, 0) is 30.2 Å². The third kappa shape index (κ3) is 4.20. The summed E-state index contributed by atoms with van der Waals surface area (Å²) in [6.45, 7) is 2.97. The number of nitrogens with one attached hydrogen (secondary N) is 1. The Morgan fingerprint density at radius 1 is 1.17 bits per heavy atom. The van der Waals surface area contributed by atoms with Crippen LogP contribution in [-0.2, 0) is 9.59 Å². The Hall–Kier alpha value is -2.83. The number of likely N-dealkylation sites (N-methyl/N-ethyl adjacent to an activating group) is 1. The van der Waals surface area contributed by atoms with Gasteiger partial charge in [0.1, 0.15) is 5.75 Å². The lowest BCUT2D eigenvalue weighted by Crippen LogP contribution is -3.06. The van der Waals surface area contributed by atoms with Crippen LogP contribution < -0.4 is 14.7 Å². The highest BCUT2D eigenvalue weighted by molar-refractivity contribution is 6.46. The molecular formula is C23H25ClN2O4. The second kappa shape index (κ2) is 8.90. The Balaban J connectivity index is 2.14. The minimum atomic E-state index is -0.758. The van der Waals surface area contributed by atoms with Gasteiger partial charge < -0.3 is 19.6 Å². The third-order valence-corrected chi connectivity index (χ3v) is 5.48. The molecular weight excluding hydrogens is 404 g/mol. The van der Waals surface area contributed by atoms with Crippen LogP contribution in [0.1, 0.15) is 22.7 Å². The number of hydrogen-bond donors (Lipinski definition) is 1. The van der Waals surface area contributed by atoms with Gasteiger partial charge in [-0.1, -0.05) is 53.3 Å². The van der Waals surface area contributed by atoms with Gasteiger partial charge in [0, 0.05) is 5.57 Å². The fraction of sp³-hybridized carbons (Fsp3) is 0.304. The normalized spacial score (nSPS) is 18.3. The Morgan fingerprint density at radius 3 is 2.40 bits per heavy atom. The molecule has 1 saturated heterocycles. The first-order chi connectivity index (χ1) is 14.2. The fourth-order valence-electron chi connectivity index (χ4n) is 3.50. The monoisotopic (exact) mass is 428 g/mol. The van der Waals surface area contributed by atoms with Crippen LogP contribution in [0.4, 0.5) is 0 Å². The number of ketones is 1. The molecule has 7 heteroatoms. The van der Waals surface area contributed by atoms with Crippen LogP contribution in [0.15, 0.2) is 48.0 Å². The second-order valence-corrected chi connectivity index (χ2v) is 8.10. The van der Waals surface area contributed by atoms with Crippen molar-refractivity contribution in [3.05, 3.63) is 69.8 Å². The number of benzene rings is 2. The summed E-state index contributed by atoms with van der Waals surface area (Å²) in [5, 5.41) is 13.6. The number of quaternary nitrogens is 1. The molecule has 1 heterocycles. The molecule has 0 aliphatic carbocycles. The molecule has 1 N–H and O–H groups in total. The van der Waals surface area contributed by atoms with E-state index in [2.05, 4.69) is 0 Å². The average molecular weight is 429 g/mol. The van der Waals surface area contributed by atoms with E-state index in [1.54, 1.807) is 12.1 Å². The minimum Gasteiger partial charge on any atom is -0.872 e. The van der Waals surface area contributed by atoms with Crippen LogP contribution in [0.2, 0.25) is 5.02 Å². The number of ether oxygens (including phenoxy) is 1. The molecule has 0 spiro atoms. The number of Topliss-reactive ketones (excluding diaryl/α,β-unsaturated/α-hetero) is 1. The first-order valence-electron chi connectivity index (χ1n) is 9.70. The molecule has 1 amide bonds. The van der Waals surface area contributed by atoms with E-state index in [9.17, 15) is 14.7 Å². The lowest BCUT2D eigenvalue weighted by atomic mass is 9.94. The van der Waals surface area contributed by atoms with Crippen molar-refractivity contribution in [3.63, 3.8) is 0 Å². The number of amides is 1. The van der Waals surface area contributed by atoms with E-state index in [1.807, 2.05) is 45.3 Å². The van der Waals surface area contributed by atoms with Crippen LogP contribution >= 0.6 is 11.6 Å². The molecule has 158 valence electrons. The van der Waals surface area contributed by atoms with Gasteiger partial charge in [0.2, 0.25) is 5.78 Å². The number of carbonyl (C=O) groups is 2. The van der Waals surface area contributed by atoms with Crippen molar-refractivity contribution in [3.8, 4) is 5.75 Å². The van der Waals surface area contributed by atoms with E-state index < -0.39 is 23.5 Å². The summed E-state index contributed by atoms with van der Waals surface area (Å²) in [4.78, 5) is 28.4. The highest BCUT2D eigenvalue weighted by Gasteiger charge is 2.44. The summed E-state index contributed by atoms with van der Waals surface area (Å²) < 4.78 is 5.13. The average Bonchev–Trinajstić information content (AvgIpc) is 2.96. The third-order valence-electron chi connectivity index (χ3n) is 5.19. The molecule has 0 bridgehead atoms. The number of carbonyl (C=O) groups excluding carboxylic acids is 2. The van der Waals surface area contributed by atoms with Gasteiger partial charge in [-0.15, -0.1) is 0 Å². The maximum Gasteiger partial charge on any atom is 0.295 e. The second-order valence-electron chi connectivity index (χ2n) is 7.69. The Kier molecular flexibility index (Phi) is 6.48. The Labute approximate surface area is 181 Å². The van der Waals surface area contributed by atoms with Crippen molar-refractivity contribution in [2.24, 2.45) is 0 Å². The minimum absolute atomic E-state index is 0.0427. The van der Waals surface area contributed by atoms with Crippen molar-refractivity contribution < 1.29 is 24.3 Å². The summed E-state index contributed by atoms with van der Waals surface area (Å²) in [6, 6.07) is 11.4. The van der Waals surface area contributed by atoms with Gasteiger partial charge >= 0.3 is 0 Å². The van der Waals surface area contributed by atoms with Crippen LogP contribution in [0, 0.1) is 6.92 Å². The van der Waals surface area contributed by atoms with Gasteiger partial charge in [-0.25, -0.2) is 0 Å². The molecule has 3 rings (SSSR count). The maximum atomic E-state index is 13.3. The number of aryl methyl sites for hydroxylation is 1. The first kappa shape index (κ1) is 21.9. The molecule has 2 aromatic rings. The number of likely N-dealkylation sites (tertiary alicyclic amines) is 1. The SMILES string of the molecule is COc1ccc(C([O-])=C2C(=O)C(=O)N(CC[NH+](C)C)C2c2ccc(C)cc2)cc1Cl. The summed E-state index contributed by atoms with van der Waals surface area (Å²) in [7, 11) is 5.42. The van der Waals surface area contributed by atoms with Crippen molar-refractivity contribution in [1.29, 1.82) is 0 Å². The lowest BCUT2D eigenvalue weighted by Gasteiger charge is -2.28. The molecule has 30 heavy (non-hydrogen) atoms. The molecule has 1 aliphatic heterocycles. The van der Waals surface area contributed by atoms with Crippen LogP contribution in [-0.4, -0.2) is 50.9 Å². The summed E-state index contributed by atoms with van der Waals surface area (Å²) >= 11 is 6.18. The molecule has 0 radical (unpaired) electrons. The summed E-state index contributed by atoms with van der Waals surface area (Å²) in [5.74, 6) is -1.48. The van der Waals surface area contributed by atoms with Crippen LogP contribution in [0.5, 0.6) is 5.75 Å². The Morgan fingerprint density at radius 2 is 1.83 bits per heavy atom. The maximum absolute atomic E-state index is 13.3. The quantitative estimate of drug-likeness (QED) is 0.423. The van der Waals surface area contributed by atoms with E-state index >= 15 is 0 Å². The molecule has 2 aromatic carbocycles. The van der Waals surface area contributed by atoms with Crippen molar-refractivity contribution in [1.82, 2.24) is 4.90 Å². The predicted molar refractivity (Wildman–Crippen MR) is 113 cm³/mol. The molecule has 1 fully saturated rings. The number of hydrogen-bond acceptors (Lipinski definition) is 4. The van der Waals surface area contributed by atoms with E-state index in [0.29, 0.717) is 18.8 Å². The zero-order valence-electron chi connectivity index (χ0n) is 17.5. The Bertz CT molecular complexity index is 999. The topological polar surface area (TPSA) is 74.1 Å². The summed E-state index contributed by atoms with van der Waals surface area (Å²) in [6.07, 6.45) is 0. The number of nitrogens with zero attached hydrogens (tertiary/aromatic N) is 1.